The summed E-state index contributed by atoms with van der Waals surface area (Å²) in [5.41, 5.74) is 11.0. The summed E-state index contributed by atoms with van der Waals surface area (Å²) in [6.45, 7) is 18.4. The molecular formula is C45H46IrN2OSi-2. The Bertz CT molecular complexity index is 2190. The van der Waals surface area contributed by atoms with Gasteiger partial charge < -0.3 is 14.4 Å². The SMILES string of the molecule is CC(C)(C)Cc1ccnc(-c2[c-]ccc3c2oc2ccc(-c4ccccc4)cc23)c1.CC(C)c1cc(-c2[c-]cccc2)ncc1[Si](C)(C)C.[Ir]. The molecule has 0 aliphatic carbocycles. The molecule has 7 rings (SSSR count). The van der Waals surface area contributed by atoms with Crippen LogP contribution in [0.15, 0.2) is 120 Å². The third-order valence-electron chi connectivity index (χ3n) is 8.70. The van der Waals surface area contributed by atoms with Crippen molar-refractivity contribution < 1.29 is 24.5 Å². The van der Waals surface area contributed by atoms with E-state index < -0.39 is 8.07 Å². The molecule has 5 heteroatoms. The van der Waals surface area contributed by atoms with Crippen molar-refractivity contribution in [2.75, 3.05) is 0 Å². The smallest absolute Gasteiger partial charge is 0.120 e. The minimum Gasteiger partial charge on any atom is -0.501 e. The summed E-state index contributed by atoms with van der Waals surface area (Å²) in [6, 6.07) is 42.1. The number of pyridine rings is 2. The number of aromatic nitrogens is 2. The standard InChI is InChI=1S/C28H24NO.C17H22NSi.Ir/c1-28(2,3)18-19-14-15-29-25(16-19)23-11-7-10-22-24-17-21(20-8-5-4-6-9-20)12-13-26(24)30-27(22)23;1-13(2)15-11-16(14-9-7-6-8-10-14)18-12-17(15)19(3,4)5;/h4-10,12-17H,18H2,1-3H3;6-9,11-13H,1-5H3;/q2*-1;. The molecule has 7 aromatic rings. The van der Waals surface area contributed by atoms with Crippen molar-refractivity contribution in [2.24, 2.45) is 5.41 Å². The zero-order valence-corrected chi connectivity index (χ0v) is 33.8. The fraction of sp³-hybridized carbons (Fsp3) is 0.244. The molecule has 0 N–H and O–H groups in total. The van der Waals surface area contributed by atoms with Gasteiger partial charge in [0.2, 0.25) is 0 Å². The fourth-order valence-electron chi connectivity index (χ4n) is 6.35. The van der Waals surface area contributed by atoms with E-state index in [1.807, 2.05) is 36.5 Å². The molecule has 0 atom stereocenters. The Hall–Kier alpha value is -4.15. The molecule has 0 spiro atoms. The van der Waals surface area contributed by atoms with E-state index in [-0.39, 0.29) is 25.5 Å². The molecular weight excluding hydrogens is 805 g/mol. The number of benzene rings is 4. The van der Waals surface area contributed by atoms with Gasteiger partial charge >= 0.3 is 0 Å². The first-order chi connectivity index (χ1) is 23.4. The van der Waals surface area contributed by atoms with Crippen LogP contribution in [0.4, 0.5) is 0 Å². The van der Waals surface area contributed by atoms with Crippen LogP contribution in [0.3, 0.4) is 0 Å². The van der Waals surface area contributed by atoms with Crippen LogP contribution in [0.5, 0.6) is 0 Å². The van der Waals surface area contributed by atoms with Gasteiger partial charge in [0.15, 0.2) is 0 Å². The number of hydrogen-bond acceptors (Lipinski definition) is 3. The number of hydrogen-bond donors (Lipinski definition) is 0. The summed E-state index contributed by atoms with van der Waals surface area (Å²) < 4.78 is 6.30. The Balaban J connectivity index is 0.000000211. The minimum atomic E-state index is -1.34. The molecule has 3 heterocycles. The number of furan rings is 1. The zero-order chi connectivity index (χ0) is 34.8. The van der Waals surface area contributed by atoms with Gasteiger partial charge in [0.05, 0.1) is 13.7 Å². The first-order valence-corrected chi connectivity index (χ1v) is 20.7. The summed E-state index contributed by atoms with van der Waals surface area (Å²) in [5.74, 6) is 0.534. The third kappa shape index (κ3) is 8.58. The summed E-state index contributed by atoms with van der Waals surface area (Å²) in [7, 11) is -1.34. The Labute approximate surface area is 312 Å². The molecule has 3 aromatic heterocycles. The quantitative estimate of drug-likeness (QED) is 0.124. The Morgan fingerprint density at radius 2 is 1.50 bits per heavy atom. The molecule has 0 unspecified atom stereocenters. The van der Waals surface area contributed by atoms with E-state index in [4.69, 9.17) is 4.42 Å². The molecule has 257 valence electrons. The molecule has 0 saturated carbocycles. The van der Waals surface area contributed by atoms with Gasteiger partial charge in [-0.15, -0.1) is 54.1 Å². The molecule has 1 radical (unpaired) electrons. The zero-order valence-electron chi connectivity index (χ0n) is 30.4. The molecule has 0 aliphatic heterocycles. The van der Waals surface area contributed by atoms with Crippen molar-refractivity contribution >= 4 is 35.2 Å². The topological polar surface area (TPSA) is 38.9 Å². The summed E-state index contributed by atoms with van der Waals surface area (Å²) in [5, 5.41) is 3.69. The van der Waals surface area contributed by atoms with Crippen molar-refractivity contribution in [1.82, 2.24) is 9.97 Å². The predicted molar refractivity (Wildman–Crippen MR) is 210 cm³/mol. The second kappa shape index (κ2) is 15.4. The summed E-state index contributed by atoms with van der Waals surface area (Å²) >= 11 is 0. The van der Waals surface area contributed by atoms with E-state index in [9.17, 15) is 0 Å². The van der Waals surface area contributed by atoms with Crippen molar-refractivity contribution in [1.29, 1.82) is 0 Å². The van der Waals surface area contributed by atoms with E-state index in [0.717, 1.165) is 50.9 Å². The maximum Gasteiger partial charge on any atom is 0.120 e. The van der Waals surface area contributed by atoms with Gasteiger partial charge in [-0.25, -0.2) is 0 Å². The first kappa shape index (κ1) is 37.1. The van der Waals surface area contributed by atoms with E-state index in [0.29, 0.717) is 5.92 Å². The Kier molecular flexibility index (Phi) is 11.4. The van der Waals surface area contributed by atoms with Crippen LogP contribution in [0.2, 0.25) is 19.6 Å². The van der Waals surface area contributed by atoms with Crippen LogP contribution < -0.4 is 5.19 Å². The van der Waals surface area contributed by atoms with Gasteiger partial charge in [-0.2, -0.15) is 0 Å². The van der Waals surface area contributed by atoms with E-state index in [1.54, 1.807) is 0 Å². The molecule has 0 amide bonds. The second-order valence-electron chi connectivity index (χ2n) is 15.4. The average Bonchev–Trinajstić information content (AvgIpc) is 3.46. The van der Waals surface area contributed by atoms with E-state index >= 15 is 0 Å². The molecule has 3 nitrogen and oxygen atoms in total. The molecule has 0 aliphatic rings. The van der Waals surface area contributed by atoms with Crippen LogP contribution in [0.1, 0.15) is 51.7 Å². The maximum absolute atomic E-state index is 6.30. The molecule has 4 aromatic carbocycles. The normalized spacial score (nSPS) is 11.7. The fourth-order valence-corrected chi connectivity index (χ4v) is 8.03. The van der Waals surface area contributed by atoms with Crippen molar-refractivity contribution in [2.45, 2.75) is 66.6 Å². The Morgan fingerprint density at radius 3 is 2.18 bits per heavy atom. The van der Waals surface area contributed by atoms with E-state index in [2.05, 4.69) is 155 Å². The number of rotatable bonds is 6. The molecule has 0 fully saturated rings. The number of nitrogens with zero attached hydrogens (tertiary/aromatic N) is 2. The van der Waals surface area contributed by atoms with Gasteiger partial charge in [0.25, 0.3) is 0 Å². The van der Waals surface area contributed by atoms with Gasteiger partial charge in [-0.3, -0.25) is 0 Å². The van der Waals surface area contributed by atoms with Gasteiger partial charge in [-0.1, -0.05) is 125 Å². The number of fused-ring (bicyclic) bond motifs is 3. The van der Waals surface area contributed by atoms with Crippen LogP contribution in [-0.4, -0.2) is 18.0 Å². The van der Waals surface area contributed by atoms with Crippen molar-refractivity contribution in [3.05, 3.63) is 139 Å². The molecule has 0 bridgehead atoms. The predicted octanol–water partition coefficient (Wildman–Crippen LogP) is 11.9. The first-order valence-electron chi connectivity index (χ1n) is 17.2. The van der Waals surface area contributed by atoms with Crippen LogP contribution >= 0.6 is 0 Å². The van der Waals surface area contributed by atoms with Crippen molar-refractivity contribution in [3.63, 3.8) is 0 Å². The summed E-state index contributed by atoms with van der Waals surface area (Å²) in [6.07, 6.45) is 4.98. The minimum absolute atomic E-state index is 0. The maximum atomic E-state index is 6.30. The van der Waals surface area contributed by atoms with Crippen LogP contribution in [0, 0.1) is 17.5 Å². The van der Waals surface area contributed by atoms with Crippen LogP contribution in [-0.2, 0) is 26.5 Å². The second-order valence-corrected chi connectivity index (χ2v) is 20.4. The van der Waals surface area contributed by atoms with Gasteiger partial charge in [0, 0.05) is 37.9 Å². The van der Waals surface area contributed by atoms with E-state index in [1.165, 1.54) is 27.4 Å². The van der Waals surface area contributed by atoms with Gasteiger partial charge in [-0.05, 0) is 63.7 Å². The average molecular weight is 851 g/mol. The molecule has 0 saturated heterocycles. The molecule has 50 heavy (non-hydrogen) atoms. The third-order valence-corrected chi connectivity index (χ3v) is 10.7. The largest absolute Gasteiger partial charge is 0.501 e. The van der Waals surface area contributed by atoms with Gasteiger partial charge in [0.1, 0.15) is 5.58 Å². The Morgan fingerprint density at radius 1 is 0.740 bits per heavy atom. The van der Waals surface area contributed by atoms with Crippen molar-refractivity contribution in [3.8, 4) is 33.6 Å². The monoisotopic (exact) mass is 851 g/mol. The van der Waals surface area contributed by atoms with Crippen LogP contribution in [0.25, 0.3) is 55.6 Å². The summed E-state index contributed by atoms with van der Waals surface area (Å²) in [4.78, 5) is 9.30.